The second-order valence-corrected chi connectivity index (χ2v) is 6.91. The number of hydrogen-bond donors (Lipinski definition) is 2. The molecule has 0 bridgehead atoms. The Kier molecular flexibility index (Phi) is 7.19. The minimum Gasteiger partial charge on any atom is -0.395 e. The van der Waals surface area contributed by atoms with Crippen LogP contribution in [0.2, 0.25) is 0 Å². The maximum atomic E-state index is 11.3. The van der Waals surface area contributed by atoms with Crippen molar-refractivity contribution in [2.24, 2.45) is 5.41 Å². The molecular weight excluding hydrogens is 226 g/mol. The van der Waals surface area contributed by atoms with Crippen molar-refractivity contribution in [3.05, 3.63) is 0 Å². The van der Waals surface area contributed by atoms with Gasteiger partial charge in [0.15, 0.2) is 0 Å². The summed E-state index contributed by atoms with van der Waals surface area (Å²) in [4.78, 5) is 0. The van der Waals surface area contributed by atoms with Crippen molar-refractivity contribution in [2.75, 3.05) is 18.9 Å². The molecule has 0 heterocycles. The standard InChI is InChI=1S/C11H25NO3S/c1-4-5-6-7-11(2,3)10-12-16(14,15)9-8-13/h12-13H,4-10H2,1-3H3. The summed E-state index contributed by atoms with van der Waals surface area (Å²) in [6.45, 7) is 6.38. The van der Waals surface area contributed by atoms with Gasteiger partial charge in [-0.25, -0.2) is 13.1 Å². The van der Waals surface area contributed by atoms with Gasteiger partial charge < -0.3 is 5.11 Å². The lowest BCUT2D eigenvalue weighted by molar-refractivity contribution is 0.311. The van der Waals surface area contributed by atoms with Crippen molar-refractivity contribution in [2.45, 2.75) is 46.5 Å². The largest absolute Gasteiger partial charge is 0.395 e. The predicted molar refractivity (Wildman–Crippen MR) is 66.8 cm³/mol. The highest BCUT2D eigenvalue weighted by atomic mass is 32.2. The fraction of sp³-hybridized carbons (Fsp3) is 1.00. The molecule has 4 nitrogen and oxygen atoms in total. The molecule has 0 spiro atoms. The van der Waals surface area contributed by atoms with E-state index in [1.807, 2.05) is 0 Å². The molecule has 0 atom stereocenters. The Bertz CT molecular complexity index is 273. The first-order valence-corrected chi connectivity index (χ1v) is 7.56. The molecule has 0 saturated carbocycles. The van der Waals surface area contributed by atoms with E-state index >= 15 is 0 Å². The minimum absolute atomic E-state index is 0.0162. The van der Waals surface area contributed by atoms with Gasteiger partial charge in [-0.15, -0.1) is 0 Å². The summed E-state index contributed by atoms with van der Waals surface area (Å²) >= 11 is 0. The van der Waals surface area contributed by atoms with Gasteiger partial charge in [0.1, 0.15) is 0 Å². The van der Waals surface area contributed by atoms with E-state index in [0.29, 0.717) is 6.54 Å². The number of unbranched alkanes of at least 4 members (excludes halogenated alkanes) is 2. The molecule has 0 fully saturated rings. The number of aliphatic hydroxyl groups excluding tert-OH is 1. The third kappa shape index (κ3) is 8.07. The van der Waals surface area contributed by atoms with Crippen LogP contribution in [0.4, 0.5) is 0 Å². The summed E-state index contributed by atoms with van der Waals surface area (Å²) in [6.07, 6.45) is 4.51. The Morgan fingerprint density at radius 1 is 1.25 bits per heavy atom. The zero-order valence-electron chi connectivity index (χ0n) is 10.6. The topological polar surface area (TPSA) is 66.4 Å². The average molecular weight is 251 g/mol. The van der Waals surface area contributed by atoms with Crippen LogP contribution in [0.15, 0.2) is 0 Å². The van der Waals surface area contributed by atoms with Gasteiger partial charge in [0, 0.05) is 6.54 Å². The molecule has 0 aliphatic rings. The molecule has 0 aromatic rings. The van der Waals surface area contributed by atoms with Crippen molar-refractivity contribution >= 4 is 10.0 Å². The number of nitrogens with one attached hydrogen (secondary N) is 1. The zero-order chi connectivity index (χ0) is 12.7. The Morgan fingerprint density at radius 3 is 2.38 bits per heavy atom. The van der Waals surface area contributed by atoms with Gasteiger partial charge in [0.2, 0.25) is 10.0 Å². The molecule has 0 aliphatic heterocycles. The number of aliphatic hydroxyl groups is 1. The fourth-order valence-corrected chi connectivity index (χ4v) is 2.43. The van der Waals surface area contributed by atoms with E-state index in [9.17, 15) is 8.42 Å². The number of sulfonamides is 1. The van der Waals surface area contributed by atoms with Crippen LogP contribution >= 0.6 is 0 Å². The van der Waals surface area contributed by atoms with Crippen LogP contribution < -0.4 is 4.72 Å². The van der Waals surface area contributed by atoms with Crippen molar-refractivity contribution < 1.29 is 13.5 Å². The number of rotatable bonds is 9. The molecule has 0 unspecified atom stereocenters. The number of hydrogen-bond acceptors (Lipinski definition) is 3. The van der Waals surface area contributed by atoms with Gasteiger partial charge in [-0.3, -0.25) is 0 Å². The summed E-state index contributed by atoms with van der Waals surface area (Å²) in [5, 5.41) is 8.59. The van der Waals surface area contributed by atoms with Crippen LogP contribution in [0.25, 0.3) is 0 Å². The van der Waals surface area contributed by atoms with Gasteiger partial charge in [0.05, 0.1) is 12.4 Å². The maximum Gasteiger partial charge on any atom is 0.213 e. The smallest absolute Gasteiger partial charge is 0.213 e. The zero-order valence-corrected chi connectivity index (χ0v) is 11.4. The summed E-state index contributed by atoms with van der Waals surface area (Å²) < 4.78 is 25.2. The summed E-state index contributed by atoms with van der Waals surface area (Å²) in [5.74, 6) is -0.210. The highest BCUT2D eigenvalue weighted by molar-refractivity contribution is 7.89. The first kappa shape index (κ1) is 15.9. The highest BCUT2D eigenvalue weighted by Gasteiger charge is 2.20. The summed E-state index contributed by atoms with van der Waals surface area (Å²) in [6, 6.07) is 0. The third-order valence-corrected chi connectivity index (χ3v) is 3.89. The molecule has 0 aromatic carbocycles. The van der Waals surface area contributed by atoms with E-state index in [2.05, 4.69) is 25.5 Å². The van der Waals surface area contributed by atoms with E-state index < -0.39 is 10.0 Å². The van der Waals surface area contributed by atoms with Crippen LogP contribution in [0.1, 0.15) is 46.5 Å². The van der Waals surface area contributed by atoms with Gasteiger partial charge in [-0.2, -0.15) is 0 Å². The van der Waals surface area contributed by atoms with Crippen LogP contribution in [0.5, 0.6) is 0 Å². The second-order valence-electron chi connectivity index (χ2n) is 4.98. The molecule has 0 aromatic heterocycles. The van der Waals surface area contributed by atoms with Crippen LogP contribution in [0.3, 0.4) is 0 Å². The molecule has 2 N–H and O–H groups in total. The van der Waals surface area contributed by atoms with E-state index in [4.69, 9.17) is 5.11 Å². The SMILES string of the molecule is CCCCCC(C)(C)CNS(=O)(=O)CCO. The minimum atomic E-state index is -3.30. The van der Waals surface area contributed by atoms with E-state index in [1.54, 1.807) is 0 Å². The maximum absolute atomic E-state index is 11.3. The van der Waals surface area contributed by atoms with Crippen LogP contribution in [0, 0.1) is 5.41 Å². The molecular formula is C11H25NO3S. The van der Waals surface area contributed by atoms with Gasteiger partial charge in [-0.1, -0.05) is 40.0 Å². The van der Waals surface area contributed by atoms with Crippen molar-refractivity contribution in [1.82, 2.24) is 4.72 Å². The predicted octanol–water partition coefficient (Wildman–Crippen LogP) is 1.50. The third-order valence-electron chi connectivity index (χ3n) is 2.59. The molecule has 98 valence electrons. The second kappa shape index (κ2) is 7.25. The van der Waals surface area contributed by atoms with E-state index in [1.165, 1.54) is 12.8 Å². The first-order chi connectivity index (χ1) is 7.33. The monoisotopic (exact) mass is 251 g/mol. The molecule has 0 radical (unpaired) electrons. The Labute approximate surface area is 99.5 Å². The fourth-order valence-electron chi connectivity index (χ4n) is 1.44. The average Bonchev–Trinajstić information content (AvgIpc) is 2.16. The van der Waals surface area contributed by atoms with Gasteiger partial charge in [-0.05, 0) is 11.8 Å². The molecule has 0 aliphatic carbocycles. The normalized spacial score (nSPS) is 13.0. The first-order valence-electron chi connectivity index (χ1n) is 5.91. The van der Waals surface area contributed by atoms with Crippen molar-refractivity contribution in [1.29, 1.82) is 0 Å². The molecule has 0 saturated heterocycles. The quantitative estimate of drug-likeness (QED) is 0.610. The van der Waals surface area contributed by atoms with Gasteiger partial charge >= 0.3 is 0 Å². The van der Waals surface area contributed by atoms with Crippen molar-refractivity contribution in [3.8, 4) is 0 Å². The molecule has 0 amide bonds. The van der Waals surface area contributed by atoms with Crippen LogP contribution in [-0.4, -0.2) is 32.4 Å². The lowest BCUT2D eigenvalue weighted by Crippen LogP contribution is -2.36. The Hall–Kier alpha value is -0.130. The van der Waals surface area contributed by atoms with E-state index in [-0.39, 0.29) is 17.8 Å². The van der Waals surface area contributed by atoms with Crippen LogP contribution in [-0.2, 0) is 10.0 Å². The van der Waals surface area contributed by atoms with E-state index in [0.717, 1.165) is 12.8 Å². The summed E-state index contributed by atoms with van der Waals surface area (Å²) in [5.41, 5.74) is -0.0162. The highest BCUT2D eigenvalue weighted by Crippen LogP contribution is 2.22. The lowest BCUT2D eigenvalue weighted by Gasteiger charge is -2.24. The molecule has 16 heavy (non-hydrogen) atoms. The van der Waals surface area contributed by atoms with Gasteiger partial charge in [0.25, 0.3) is 0 Å². The summed E-state index contributed by atoms with van der Waals surface area (Å²) in [7, 11) is -3.30. The van der Waals surface area contributed by atoms with Crippen molar-refractivity contribution in [3.63, 3.8) is 0 Å². The molecule has 5 heteroatoms. The Morgan fingerprint density at radius 2 is 1.88 bits per heavy atom. The molecule has 0 rings (SSSR count). The Balaban J connectivity index is 3.97. The lowest BCUT2D eigenvalue weighted by atomic mass is 9.87.